The van der Waals surface area contributed by atoms with Crippen molar-refractivity contribution in [1.29, 1.82) is 0 Å². The molecule has 8 heteroatoms. The van der Waals surface area contributed by atoms with Crippen LogP contribution in [0, 0.1) is 15.9 Å². The van der Waals surface area contributed by atoms with E-state index >= 15 is 0 Å². The van der Waals surface area contributed by atoms with Crippen molar-refractivity contribution in [3.63, 3.8) is 0 Å². The Kier molecular flexibility index (Phi) is 5.80. The molecule has 0 fully saturated rings. The van der Waals surface area contributed by atoms with Gasteiger partial charge >= 0.3 is 0 Å². The van der Waals surface area contributed by atoms with Crippen molar-refractivity contribution in [3.8, 4) is 0 Å². The maximum Gasteiger partial charge on any atom is 0.290 e. The average molecular weight is 369 g/mol. The number of carbonyl (C=O) groups excluding carboxylic acids is 1. The Morgan fingerprint density at radius 2 is 1.92 bits per heavy atom. The van der Waals surface area contributed by atoms with Crippen LogP contribution >= 0.6 is 23.4 Å². The molecule has 0 aromatic heterocycles. The summed E-state index contributed by atoms with van der Waals surface area (Å²) >= 11 is 6.77. The van der Waals surface area contributed by atoms with Gasteiger partial charge < -0.3 is 4.90 Å². The van der Waals surface area contributed by atoms with Crippen LogP contribution in [0.3, 0.4) is 0 Å². The summed E-state index contributed by atoms with van der Waals surface area (Å²) in [6.45, 7) is 2.48. The molecule has 2 aromatic carbocycles. The summed E-state index contributed by atoms with van der Waals surface area (Å²) < 4.78 is 14.1. The highest BCUT2D eigenvalue weighted by Gasteiger charge is 2.20. The van der Waals surface area contributed by atoms with Crippen molar-refractivity contribution < 1.29 is 14.1 Å². The first-order valence-corrected chi connectivity index (χ1v) is 8.20. The minimum Gasteiger partial charge on any atom is -0.342 e. The molecule has 0 saturated heterocycles. The number of nitrogens with zero attached hydrogens (tertiary/aromatic N) is 2. The standard InChI is InChI=1S/C16H14ClFN2O3S/c1-3-19(2)16(21)10-4-6-11(7-5-10)24-13-9-8-12(20(22)23)14(17)15(13)18/h4-9H,3H2,1-2H3. The van der Waals surface area contributed by atoms with Gasteiger partial charge in [-0.1, -0.05) is 23.4 Å². The van der Waals surface area contributed by atoms with E-state index in [1.165, 1.54) is 12.1 Å². The predicted molar refractivity (Wildman–Crippen MR) is 91.3 cm³/mol. The summed E-state index contributed by atoms with van der Waals surface area (Å²) in [5, 5.41) is 10.2. The highest BCUT2D eigenvalue weighted by molar-refractivity contribution is 7.99. The quantitative estimate of drug-likeness (QED) is 0.570. The van der Waals surface area contributed by atoms with Gasteiger partial charge in [0.05, 0.1) is 9.82 Å². The van der Waals surface area contributed by atoms with Crippen molar-refractivity contribution in [2.75, 3.05) is 13.6 Å². The van der Waals surface area contributed by atoms with E-state index in [0.29, 0.717) is 17.0 Å². The Morgan fingerprint density at radius 1 is 1.29 bits per heavy atom. The van der Waals surface area contributed by atoms with E-state index in [0.717, 1.165) is 11.8 Å². The lowest BCUT2D eigenvalue weighted by molar-refractivity contribution is -0.384. The van der Waals surface area contributed by atoms with Crippen LogP contribution in [0.25, 0.3) is 0 Å². The van der Waals surface area contributed by atoms with Crippen LogP contribution in [0.5, 0.6) is 0 Å². The second kappa shape index (κ2) is 7.63. The van der Waals surface area contributed by atoms with Crippen LogP contribution in [0.4, 0.5) is 10.1 Å². The maximum absolute atomic E-state index is 14.1. The van der Waals surface area contributed by atoms with Crippen LogP contribution in [0.1, 0.15) is 17.3 Å². The number of carbonyl (C=O) groups is 1. The van der Waals surface area contributed by atoms with Gasteiger partial charge in [0.25, 0.3) is 11.6 Å². The Hall–Kier alpha value is -2.12. The van der Waals surface area contributed by atoms with E-state index in [2.05, 4.69) is 0 Å². The molecule has 0 bridgehead atoms. The van der Waals surface area contributed by atoms with Crippen LogP contribution in [-0.4, -0.2) is 29.3 Å². The van der Waals surface area contributed by atoms with Crippen molar-refractivity contribution in [2.24, 2.45) is 0 Å². The summed E-state index contributed by atoms with van der Waals surface area (Å²) in [6.07, 6.45) is 0. The summed E-state index contributed by atoms with van der Waals surface area (Å²) in [6, 6.07) is 9.17. The zero-order valence-electron chi connectivity index (χ0n) is 13.0. The Balaban J connectivity index is 2.22. The lowest BCUT2D eigenvalue weighted by atomic mass is 10.2. The topological polar surface area (TPSA) is 63.5 Å². The fraction of sp³-hybridized carbons (Fsp3) is 0.188. The third kappa shape index (κ3) is 3.85. The zero-order chi connectivity index (χ0) is 17.9. The molecule has 0 unspecified atom stereocenters. The van der Waals surface area contributed by atoms with Crippen LogP contribution in [-0.2, 0) is 0 Å². The van der Waals surface area contributed by atoms with E-state index in [-0.39, 0.29) is 10.8 Å². The number of benzene rings is 2. The molecule has 2 rings (SSSR count). The van der Waals surface area contributed by atoms with E-state index in [1.807, 2.05) is 6.92 Å². The van der Waals surface area contributed by atoms with E-state index < -0.39 is 21.5 Å². The molecular weight excluding hydrogens is 355 g/mol. The van der Waals surface area contributed by atoms with Gasteiger partial charge in [-0.05, 0) is 37.3 Å². The molecule has 1 amide bonds. The van der Waals surface area contributed by atoms with Crippen molar-refractivity contribution in [2.45, 2.75) is 16.7 Å². The average Bonchev–Trinajstić information content (AvgIpc) is 2.58. The van der Waals surface area contributed by atoms with Gasteiger partial charge in [-0.25, -0.2) is 4.39 Å². The first-order chi connectivity index (χ1) is 11.3. The zero-order valence-corrected chi connectivity index (χ0v) is 14.5. The first-order valence-electron chi connectivity index (χ1n) is 7.01. The van der Waals surface area contributed by atoms with Gasteiger partial charge in [-0.3, -0.25) is 14.9 Å². The van der Waals surface area contributed by atoms with E-state index in [1.54, 1.807) is 36.2 Å². The SMILES string of the molecule is CCN(C)C(=O)c1ccc(Sc2ccc([N+](=O)[O-])c(Cl)c2F)cc1. The van der Waals surface area contributed by atoms with Crippen LogP contribution < -0.4 is 0 Å². The molecule has 0 saturated carbocycles. The molecule has 0 aliphatic carbocycles. The van der Waals surface area contributed by atoms with Crippen molar-refractivity contribution >= 4 is 35.0 Å². The second-order valence-corrected chi connectivity index (χ2v) is 6.41. The van der Waals surface area contributed by atoms with Gasteiger partial charge in [0.2, 0.25) is 0 Å². The summed E-state index contributed by atoms with van der Waals surface area (Å²) in [5.74, 6) is -0.930. The first kappa shape index (κ1) is 18.2. The molecule has 0 radical (unpaired) electrons. The summed E-state index contributed by atoms with van der Waals surface area (Å²) in [5.41, 5.74) is 0.0629. The molecule has 126 valence electrons. The predicted octanol–water partition coefficient (Wildman–Crippen LogP) is 4.63. The van der Waals surface area contributed by atoms with Gasteiger partial charge in [0.1, 0.15) is 0 Å². The number of rotatable bonds is 5. The number of nitro benzene ring substituents is 1. The monoisotopic (exact) mass is 368 g/mol. The fourth-order valence-electron chi connectivity index (χ4n) is 1.90. The summed E-state index contributed by atoms with van der Waals surface area (Å²) in [4.78, 5) is 24.5. The normalized spacial score (nSPS) is 10.5. The molecule has 24 heavy (non-hydrogen) atoms. The maximum atomic E-state index is 14.1. The molecule has 0 spiro atoms. The van der Waals surface area contributed by atoms with Gasteiger partial charge in [-0.2, -0.15) is 0 Å². The number of hydrogen-bond acceptors (Lipinski definition) is 4. The Bertz CT molecular complexity index is 784. The van der Waals surface area contributed by atoms with Gasteiger partial charge in [-0.15, -0.1) is 0 Å². The smallest absolute Gasteiger partial charge is 0.290 e. The van der Waals surface area contributed by atoms with E-state index in [4.69, 9.17) is 11.6 Å². The highest BCUT2D eigenvalue weighted by Crippen LogP contribution is 2.37. The second-order valence-electron chi connectivity index (χ2n) is 4.91. The largest absolute Gasteiger partial charge is 0.342 e. The lowest BCUT2D eigenvalue weighted by Crippen LogP contribution is -2.26. The van der Waals surface area contributed by atoms with Crippen LogP contribution in [0.2, 0.25) is 5.02 Å². The molecule has 5 nitrogen and oxygen atoms in total. The molecule has 0 heterocycles. The Labute approximate surface area is 147 Å². The number of nitro groups is 1. The highest BCUT2D eigenvalue weighted by atomic mass is 35.5. The molecule has 0 atom stereocenters. The van der Waals surface area contributed by atoms with E-state index in [9.17, 15) is 19.3 Å². The lowest BCUT2D eigenvalue weighted by Gasteiger charge is -2.14. The third-order valence-corrected chi connectivity index (χ3v) is 4.78. The third-order valence-electron chi connectivity index (χ3n) is 3.37. The minimum absolute atomic E-state index is 0.0985. The molecule has 2 aromatic rings. The molecule has 0 aliphatic rings. The molecular formula is C16H14ClFN2O3S. The van der Waals surface area contributed by atoms with Crippen molar-refractivity contribution in [3.05, 3.63) is 62.9 Å². The number of hydrogen-bond donors (Lipinski definition) is 0. The van der Waals surface area contributed by atoms with Gasteiger partial charge in [0.15, 0.2) is 10.8 Å². The number of amides is 1. The Morgan fingerprint density at radius 3 is 2.46 bits per heavy atom. The van der Waals surface area contributed by atoms with Gasteiger partial charge in [0, 0.05) is 30.1 Å². The number of halogens is 2. The molecule has 0 N–H and O–H groups in total. The summed E-state index contributed by atoms with van der Waals surface area (Å²) in [7, 11) is 1.71. The van der Waals surface area contributed by atoms with Crippen LogP contribution in [0.15, 0.2) is 46.2 Å². The minimum atomic E-state index is -0.832. The fourth-order valence-corrected chi connectivity index (χ4v) is 3.04. The molecule has 0 aliphatic heterocycles. The van der Waals surface area contributed by atoms with Crippen molar-refractivity contribution in [1.82, 2.24) is 4.90 Å².